The summed E-state index contributed by atoms with van der Waals surface area (Å²) in [4.78, 5) is 38.7. The van der Waals surface area contributed by atoms with E-state index >= 15 is 0 Å². The van der Waals surface area contributed by atoms with Gasteiger partial charge in [0.05, 0.1) is 29.0 Å². The normalized spacial score (nSPS) is 15.9. The summed E-state index contributed by atoms with van der Waals surface area (Å²) in [5.74, 6) is 0.460. The SMILES string of the molecule is CC(=O)N1CCN(S(=O)(=O)c2cccc(Nc3ncc4c(n3)N(C)c3ccc(C)cc3C(=O)N4C)c2)C1. The van der Waals surface area contributed by atoms with Gasteiger partial charge < -0.3 is 20.0 Å². The number of anilines is 5. The van der Waals surface area contributed by atoms with Crippen LogP contribution in [0.3, 0.4) is 0 Å². The van der Waals surface area contributed by atoms with Crippen LogP contribution in [0.15, 0.2) is 53.6 Å². The molecule has 192 valence electrons. The molecule has 2 amide bonds. The molecule has 2 aliphatic heterocycles. The molecule has 12 heteroatoms. The van der Waals surface area contributed by atoms with E-state index in [0.29, 0.717) is 29.3 Å². The standard InChI is InChI=1S/C25H27N7O4S/c1-16-8-9-21-20(12-16)24(34)30(4)22-14-26-25(28-23(22)29(21)3)27-18-6-5-7-19(13-18)37(35,36)32-11-10-31(15-32)17(2)33/h5-9,12-14H,10-11,15H2,1-4H3,(H,26,27,28). The van der Waals surface area contributed by atoms with E-state index < -0.39 is 10.0 Å². The predicted molar refractivity (Wildman–Crippen MR) is 140 cm³/mol. The van der Waals surface area contributed by atoms with E-state index in [2.05, 4.69) is 15.3 Å². The molecule has 0 radical (unpaired) electrons. The molecule has 1 fully saturated rings. The number of nitrogens with zero attached hydrogens (tertiary/aromatic N) is 6. The van der Waals surface area contributed by atoms with Gasteiger partial charge in [0.2, 0.25) is 21.9 Å². The van der Waals surface area contributed by atoms with Gasteiger partial charge in [0.25, 0.3) is 5.91 Å². The van der Waals surface area contributed by atoms with Gasteiger partial charge in [0.1, 0.15) is 5.69 Å². The number of nitrogens with one attached hydrogen (secondary N) is 1. The second kappa shape index (κ2) is 9.12. The Morgan fingerprint density at radius 1 is 1.03 bits per heavy atom. The number of hydrogen-bond acceptors (Lipinski definition) is 8. The van der Waals surface area contributed by atoms with Gasteiger partial charge in [0.15, 0.2) is 5.82 Å². The summed E-state index contributed by atoms with van der Waals surface area (Å²) >= 11 is 0. The maximum Gasteiger partial charge on any atom is 0.260 e. The van der Waals surface area contributed by atoms with Crippen molar-refractivity contribution >= 4 is 50.7 Å². The van der Waals surface area contributed by atoms with E-state index in [0.717, 1.165) is 11.3 Å². The second-order valence-corrected chi connectivity index (χ2v) is 11.0. The zero-order valence-electron chi connectivity index (χ0n) is 21.0. The first-order valence-corrected chi connectivity index (χ1v) is 13.1. The number of aromatic nitrogens is 2. The Kier molecular flexibility index (Phi) is 6.08. The molecule has 1 saturated heterocycles. The largest absolute Gasteiger partial charge is 0.328 e. The van der Waals surface area contributed by atoms with E-state index in [1.807, 2.05) is 37.1 Å². The van der Waals surface area contributed by atoms with Crippen LogP contribution in [0, 0.1) is 6.92 Å². The maximum atomic E-state index is 13.2. The van der Waals surface area contributed by atoms with Crippen LogP contribution in [-0.2, 0) is 14.8 Å². The Bertz CT molecular complexity index is 1530. The molecule has 2 aliphatic rings. The number of benzene rings is 2. The highest BCUT2D eigenvalue weighted by Gasteiger charge is 2.33. The third-order valence-corrected chi connectivity index (χ3v) is 8.43. The van der Waals surface area contributed by atoms with Crippen LogP contribution in [0.2, 0.25) is 0 Å². The van der Waals surface area contributed by atoms with Gasteiger partial charge in [-0.1, -0.05) is 17.7 Å². The molecule has 0 unspecified atom stereocenters. The molecule has 0 bridgehead atoms. The van der Waals surface area contributed by atoms with Gasteiger partial charge in [-0.05, 0) is 37.3 Å². The number of aryl methyl sites for hydroxylation is 1. The average molecular weight is 522 g/mol. The van der Waals surface area contributed by atoms with Crippen molar-refractivity contribution in [2.75, 3.05) is 49.0 Å². The molecule has 0 atom stereocenters. The van der Waals surface area contributed by atoms with E-state index in [1.54, 1.807) is 25.4 Å². The molecule has 3 heterocycles. The number of amides is 2. The highest BCUT2D eigenvalue weighted by molar-refractivity contribution is 7.89. The minimum atomic E-state index is -3.79. The van der Waals surface area contributed by atoms with Crippen LogP contribution in [0.1, 0.15) is 22.8 Å². The number of carbonyl (C=O) groups excluding carboxylic acids is 2. The smallest absolute Gasteiger partial charge is 0.260 e. The minimum absolute atomic E-state index is 0.0306. The number of carbonyl (C=O) groups is 2. The molecule has 0 saturated carbocycles. The average Bonchev–Trinajstić information content (AvgIpc) is 3.37. The van der Waals surface area contributed by atoms with E-state index in [1.165, 1.54) is 33.2 Å². The molecule has 5 rings (SSSR count). The number of fused-ring (bicyclic) bond motifs is 2. The Balaban J connectivity index is 1.44. The fourth-order valence-corrected chi connectivity index (χ4v) is 5.90. The van der Waals surface area contributed by atoms with Gasteiger partial charge >= 0.3 is 0 Å². The molecule has 1 aromatic heterocycles. The van der Waals surface area contributed by atoms with E-state index in [9.17, 15) is 18.0 Å². The molecular formula is C25H27N7O4S. The van der Waals surface area contributed by atoms with Crippen LogP contribution in [0.25, 0.3) is 0 Å². The molecule has 0 aliphatic carbocycles. The highest BCUT2D eigenvalue weighted by atomic mass is 32.2. The van der Waals surface area contributed by atoms with Crippen LogP contribution in [-0.4, -0.2) is 73.3 Å². The zero-order chi connectivity index (χ0) is 26.5. The van der Waals surface area contributed by atoms with Crippen LogP contribution < -0.4 is 15.1 Å². The van der Waals surface area contributed by atoms with Crippen molar-refractivity contribution in [2.24, 2.45) is 0 Å². The van der Waals surface area contributed by atoms with Crippen molar-refractivity contribution < 1.29 is 18.0 Å². The molecule has 37 heavy (non-hydrogen) atoms. The Morgan fingerprint density at radius 3 is 2.54 bits per heavy atom. The van der Waals surface area contributed by atoms with Crippen molar-refractivity contribution in [2.45, 2.75) is 18.7 Å². The minimum Gasteiger partial charge on any atom is -0.328 e. The lowest BCUT2D eigenvalue weighted by atomic mass is 10.1. The third-order valence-electron chi connectivity index (χ3n) is 6.60. The lowest BCUT2D eigenvalue weighted by molar-refractivity contribution is -0.128. The molecule has 0 spiro atoms. The molecule has 11 nitrogen and oxygen atoms in total. The number of hydrogen-bond donors (Lipinski definition) is 1. The quantitative estimate of drug-likeness (QED) is 0.557. The first-order valence-electron chi connectivity index (χ1n) is 11.7. The van der Waals surface area contributed by atoms with Crippen molar-refractivity contribution in [3.05, 3.63) is 59.8 Å². The van der Waals surface area contributed by atoms with E-state index in [4.69, 9.17) is 0 Å². The lowest BCUT2D eigenvalue weighted by Gasteiger charge is -2.21. The summed E-state index contributed by atoms with van der Waals surface area (Å²) in [5.41, 5.74) is 3.31. The first-order chi connectivity index (χ1) is 17.6. The molecule has 3 aromatic rings. The topological polar surface area (TPSA) is 119 Å². The third kappa shape index (κ3) is 4.38. The Labute approximate surface area is 215 Å². The van der Waals surface area contributed by atoms with Crippen molar-refractivity contribution in [1.29, 1.82) is 0 Å². The van der Waals surface area contributed by atoms with Crippen LogP contribution in [0.5, 0.6) is 0 Å². The van der Waals surface area contributed by atoms with Crippen molar-refractivity contribution in [1.82, 2.24) is 19.2 Å². The monoisotopic (exact) mass is 521 g/mol. The van der Waals surface area contributed by atoms with Crippen LogP contribution in [0.4, 0.5) is 28.8 Å². The van der Waals surface area contributed by atoms with Gasteiger partial charge in [-0.25, -0.2) is 13.4 Å². The summed E-state index contributed by atoms with van der Waals surface area (Å²) < 4.78 is 27.6. The maximum absolute atomic E-state index is 13.2. The molecular weight excluding hydrogens is 494 g/mol. The zero-order valence-corrected chi connectivity index (χ0v) is 21.8. The second-order valence-electron chi connectivity index (χ2n) is 9.10. The van der Waals surface area contributed by atoms with Gasteiger partial charge in [0, 0.05) is 39.8 Å². The summed E-state index contributed by atoms with van der Waals surface area (Å²) in [6, 6.07) is 12.1. The number of rotatable bonds is 4. The van der Waals surface area contributed by atoms with Crippen molar-refractivity contribution in [3.63, 3.8) is 0 Å². The fourth-order valence-electron chi connectivity index (χ4n) is 4.46. The lowest BCUT2D eigenvalue weighted by Crippen LogP contribution is -2.32. The van der Waals surface area contributed by atoms with Gasteiger partial charge in [-0.15, -0.1) is 0 Å². The summed E-state index contributed by atoms with van der Waals surface area (Å²) in [5, 5.41) is 3.08. The van der Waals surface area contributed by atoms with Gasteiger partial charge in [-0.3, -0.25) is 9.59 Å². The highest BCUT2D eigenvalue weighted by Crippen LogP contribution is 2.38. The van der Waals surface area contributed by atoms with Gasteiger partial charge in [-0.2, -0.15) is 9.29 Å². The fraction of sp³-hybridized carbons (Fsp3) is 0.280. The Hall–Kier alpha value is -4.03. The first kappa shape index (κ1) is 24.7. The van der Waals surface area contributed by atoms with Crippen molar-refractivity contribution in [3.8, 4) is 0 Å². The van der Waals surface area contributed by atoms with E-state index in [-0.39, 0.29) is 35.9 Å². The Morgan fingerprint density at radius 2 is 1.81 bits per heavy atom. The summed E-state index contributed by atoms with van der Waals surface area (Å²) in [6.07, 6.45) is 1.57. The number of sulfonamides is 1. The summed E-state index contributed by atoms with van der Waals surface area (Å²) in [7, 11) is -0.272. The summed E-state index contributed by atoms with van der Waals surface area (Å²) in [6.45, 7) is 4.00. The van der Waals surface area contributed by atoms with Crippen LogP contribution >= 0.6 is 0 Å². The molecule has 1 N–H and O–H groups in total. The molecule has 2 aromatic carbocycles. The predicted octanol–water partition coefficient (Wildman–Crippen LogP) is 2.70.